The fourth-order valence-corrected chi connectivity index (χ4v) is 4.33. The van der Waals surface area contributed by atoms with Crippen LogP contribution in [0.4, 0.5) is 4.79 Å². The van der Waals surface area contributed by atoms with E-state index in [1.807, 2.05) is 42.5 Å². The first-order valence-corrected chi connectivity index (χ1v) is 9.12. The van der Waals surface area contributed by atoms with Crippen molar-refractivity contribution in [3.05, 3.63) is 59.9 Å². The van der Waals surface area contributed by atoms with E-state index in [0.29, 0.717) is 0 Å². The molecule has 0 aliphatic carbocycles. The highest BCUT2D eigenvalue weighted by Crippen LogP contribution is 2.36. The lowest BCUT2D eigenvalue weighted by molar-refractivity contribution is -0.130. The number of imide groups is 1. The van der Waals surface area contributed by atoms with Crippen LogP contribution in [0.15, 0.2) is 48.7 Å². The van der Waals surface area contributed by atoms with Crippen LogP contribution in [0.3, 0.4) is 0 Å². The fourth-order valence-electron chi connectivity index (χ4n) is 3.17. The number of nitrogens with one attached hydrogen (secondary N) is 2. The highest BCUT2D eigenvalue weighted by atomic mass is 32.2. The SMILES string of the molecule is COc1ccc(CN2C(=O)NC3C(SNC3c3ccccn3)C2=O)cc1. The highest BCUT2D eigenvalue weighted by Gasteiger charge is 2.49. The molecular weight excluding hydrogens is 352 g/mol. The smallest absolute Gasteiger partial charge is 0.324 e. The Labute approximate surface area is 155 Å². The molecule has 2 aliphatic rings. The van der Waals surface area contributed by atoms with Crippen LogP contribution in [0.2, 0.25) is 0 Å². The van der Waals surface area contributed by atoms with Crippen molar-refractivity contribution in [3.8, 4) is 5.75 Å². The Morgan fingerprint density at radius 3 is 2.69 bits per heavy atom. The van der Waals surface area contributed by atoms with Gasteiger partial charge in [0.1, 0.15) is 11.0 Å². The topological polar surface area (TPSA) is 83.6 Å². The Bertz CT molecular complexity index is 815. The van der Waals surface area contributed by atoms with Gasteiger partial charge in [0, 0.05) is 6.20 Å². The molecule has 1 aromatic carbocycles. The Balaban J connectivity index is 1.51. The number of carbonyl (C=O) groups is 2. The standard InChI is InChI=1S/C18H18N4O3S/c1-25-12-7-5-11(6-8-12)10-22-17(23)16-15(20-18(22)24)14(21-26-16)13-4-2-3-9-19-13/h2-9,14-16,21H,10H2,1H3,(H,20,24). The first-order chi connectivity index (χ1) is 12.7. The molecule has 2 aromatic rings. The van der Waals surface area contributed by atoms with E-state index in [-0.39, 0.29) is 35.8 Å². The van der Waals surface area contributed by atoms with Crippen molar-refractivity contribution in [2.75, 3.05) is 7.11 Å². The van der Waals surface area contributed by atoms with Gasteiger partial charge in [-0.2, -0.15) is 0 Å². The summed E-state index contributed by atoms with van der Waals surface area (Å²) in [6.45, 7) is 0.229. The van der Waals surface area contributed by atoms with Crippen molar-refractivity contribution in [2.24, 2.45) is 0 Å². The van der Waals surface area contributed by atoms with E-state index < -0.39 is 0 Å². The monoisotopic (exact) mass is 370 g/mol. The molecule has 8 heteroatoms. The van der Waals surface area contributed by atoms with E-state index in [2.05, 4.69) is 15.0 Å². The van der Waals surface area contributed by atoms with Crippen LogP contribution in [0.5, 0.6) is 5.75 Å². The Hall–Kier alpha value is -2.58. The largest absolute Gasteiger partial charge is 0.497 e. The molecule has 2 aliphatic heterocycles. The Kier molecular flexibility index (Phi) is 4.52. The lowest BCUT2D eigenvalue weighted by atomic mass is 9.99. The molecule has 26 heavy (non-hydrogen) atoms. The fraction of sp³-hybridized carbons (Fsp3) is 0.278. The van der Waals surface area contributed by atoms with E-state index in [1.54, 1.807) is 13.3 Å². The second-order valence-corrected chi connectivity index (χ2v) is 7.12. The van der Waals surface area contributed by atoms with Gasteiger partial charge in [-0.1, -0.05) is 30.1 Å². The molecule has 2 fully saturated rings. The molecule has 1 aromatic heterocycles. The molecule has 0 bridgehead atoms. The molecule has 134 valence electrons. The van der Waals surface area contributed by atoms with Gasteiger partial charge in [0.2, 0.25) is 5.91 Å². The zero-order chi connectivity index (χ0) is 18.1. The van der Waals surface area contributed by atoms with Crippen LogP contribution in [0, 0.1) is 0 Å². The zero-order valence-corrected chi connectivity index (χ0v) is 14.9. The number of fused-ring (bicyclic) bond motifs is 1. The summed E-state index contributed by atoms with van der Waals surface area (Å²) in [5, 5.41) is 2.59. The first-order valence-electron chi connectivity index (χ1n) is 8.24. The minimum absolute atomic E-state index is 0.189. The number of nitrogens with zero attached hydrogens (tertiary/aromatic N) is 2. The van der Waals surface area contributed by atoms with E-state index in [4.69, 9.17) is 4.74 Å². The average molecular weight is 370 g/mol. The van der Waals surface area contributed by atoms with Gasteiger partial charge in [-0.15, -0.1) is 0 Å². The van der Waals surface area contributed by atoms with Crippen LogP contribution in [0.1, 0.15) is 17.3 Å². The lowest BCUT2D eigenvalue weighted by Gasteiger charge is -2.34. The molecule has 2 N–H and O–H groups in total. The van der Waals surface area contributed by atoms with Crippen molar-refractivity contribution in [3.63, 3.8) is 0 Å². The maximum absolute atomic E-state index is 12.9. The second kappa shape index (κ2) is 6.97. The minimum atomic E-state index is -0.378. The van der Waals surface area contributed by atoms with Crippen molar-refractivity contribution in [1.82, 2.24) is 19.9 Å². The Morgan fingerprint density at radius 1 is 1.19 bits per heavy atom. The maximum Gasteiger partial charge on any atom is 0.324 e. The third-order valence-corrected chi connectivity index (χ3v) is 5.70. The van der Waals surface area contributed by atoms with Crippen molar-refractivity contribution < 1.29 is 14.3 Å². The summed E-state index contributed by atoms with van der Waals surface area (Å²) in [6.07, 6.45) is 1.71. The average Bonchev–Trinajstić information content (AvgIpc) is 3.10. The molecule has 3 heterocycles. The number of hydrogen-bond donors (Lipinski definition) is 2. The summed E-state index contributed by atoms with van der Waals surface area (Å²) in [7, 11) is 1.60. The summed E-state index contributed by atoms with van der Waals surface area (Å²) in [5.74, 6) is 0.544. The third kappa shape index (κ3) is 3.02. The minimum Gasteiger partial charge on any atom is -0.497 e. The summed E-state index contributed by atoms with van der Waals surface area (Å²) in [5.41, 5.74) is 1.68. The predicted octanol–water partition coefficient (Wildman–Crippen LogP) is 1.87. The van der Waals surface area contributed by atoms with E-state index in [1.165, 1.54) is 16.8 Å². The number of amides is 3. The molecule has 0 saturated carbocycles. The van der Waals surface area contributed by atoms with Gasteiger partial charge in [0.25, 0.3) is 0 Å². The summed E-state index contributed by atoms with van der Waals surface area (Å²) in [6, 6.07) is 12.1. The van der Waals surface area contributed by atoms with Crippen LogP contribution in [0.25, 0.3) is 0 Å². The number of benzene rings is 1. The summed E-state index contributed by atoms with van der Waals surface area (Å²) < 4.78 is 8.38. The van der Waals surface area contributed by atoms with Gasteiger partial charge < -0.3 is 10.1 Å². The molecule has 7 nitrogen and oxygen atoms in total. The first kappa shape index (κ1) is 16.9. The molecule has 3 unspecified atom stereocenters. The molecule has 0 spiro atoms. The van der Waals surface area contributed by atoms with Gasteiger partial charge in [-0.05, 0) is 29.8 Å². The number of ether oxygens (including phenoxy) is 1. The third-order valence-electron chi connectivity index (χ3n) is 4.56. The zero-order valence-electron chi connectivity index (χ0n) is 14.1. The number of rotatable bonds is 4. The number of urea groups is 1. The number of hydrogen-bond acceptors (Lipinski definition) is 6. The quantitative estimate of drug-likeness (QED) is 0.800. The number of carbonyl (C=O) groups excluding carboxylic acids is 2. The van der Waals surface area contributed by atoms with Gasteiger partial charge >= 0.3 is 6.03 Å². The summed E-state index contributed by atoms with van der Waals surface area (Å²) >= 11 is 1.34. The number of methoxy groups -OCH3 is 1. The van der Waals surface area contributed by atoms with Gasteiger partial charge in [-0.3, -0.25) is 19.4 Å². The predicted molar refractivity (Wildman–Crippen MR) is 97.4 cm³/mol. The highest BCUT2D eigenvalue weighted by molar-refractivity contribution is 7.99. The summed E-state index contributed by atoms with van der Waals surface area (Å²) in [4.78, 5) is 31.0. The molecule has 4 rings (SSSR count). The molecule has 2 saturated heterocycles. The lowest BCUT2D eigenvalue weighted by Crippen LogP contribution is -2.61. The van der Waals surface area contributed by atoms with Gasteiger partial charge in [0.15, 0.2) is 0 Å². The van der Waals surface area contributed by atoms with Crippen LogP contribution < -0.4 is 14.8 Å². The van der Waals surface area contributed by atoms with E-state index in [0.717, 1.165) is 17.0 Å². The van der Waals surface area contributed by atoms with Crippen LogP contribution >= 0.6 is 11.9 Å². The number of pyridine rings is 1. The normalized spacial score (nSPS) is 25.0. The van der Waals surface area contributed by atoms with Crippen molar-refractivity contribution in [2.45, 2.75) is 23.9 Å². The molecule has 3 amide bonds. The van der Waals surface area contributed by atoms with Gasteiger partial charge in [0.05, 0.1) is 31.4 Å². The second-order valence-electron chi connectivity index (χ2n) is 6.14. The van der Waals surface area contributed by atoms with Crippen molar-refractivity contribution >= 4 is 23.9 Å². The van der Waals surface area contributed by atoms with E-state index in [9.17, 15) is 9.59 Å². The van der Waals surface area contributed by atoms with E-state index >= 15 is 0 Å². The van der Waals surface area contributed by atoms with Gasteiger partial charge in [-0.25, -0.2) is 4.79 Å². The molecule has 3 atom stereocenters. The number of aromatic nitrogens is 1. The maximum atomic E-state index is 12.9. The molecular formula is C18H18N4O3S. The Morgan fingerprint density at radius 2 is 2.00 bits per heavy atom. The van der Waals surface area contributed by atoms with Crippen LogP contribution in [-0.4, -0.2) is 40.2 Å². The van der Waals surface area contributed by atoms with Crippen molar-refractivity contribution in [1.29, 1.82) is 0 Å². The van der Waals surface area contributed by atoms with Crippen LogP contribution in [-0.2, 0) is 11.3 Å². The molecule has 0 radical (unpaired) electrons.